The van der Waals surface area contributed by atoms with Crippen LogP contribution >= 0.6 is 11.3 Å². The maximum Gasteiger partial charge on any atom is 0.223 e. The van der Waals surface area contributed by atoms with Crippen LogP contribution in [0.3, 0.4) is 0 Å². The van der Waals surface area contributed by atoms with Gasteiger partial charge in [0.1, 0.15) is 11.6 Å². The zero-order chi connectivity index (χ0) is 22.1. The Bertz CT molecular complexity index is 1210. The number of anilines is 2. The lowest BCUT2D eigenvalue weighted by atomic mass is 10.1. The SMILES string of the molecule is Cc1nc(Nc2cccc([C@@H]3CCCN3C(=O)CCc3nc4ccccc4[nH]3)n2)sc1C. The summed E-state index contributed by atoms with van der Waals surface area (Å²) in [6.07, 6.45) is 2.97. The molecule has 8 heteroatoms. The van der Waals surface area contributed by atoms with Gasteiger partial charge in [0.2, 0.25) is 5.91 Å². The predicted octanol–water partition coefficient (Wildman–Crippen LogP) is 5.07. The smallest absolute Gasteiger partial charge is 0.223 e. The monoisotopic (exact) mass is 446 g/mol. The van der Waals surface area contributed by atoms with E-state index in [1.807, 2.05) is 54.3 Å². The van der Waals surface area contributed by atoms with E-state index in [4.69, 9.17) is 4.98 Å². The summed E-state index contributed by atoms with van der Waals surface area (Å²) in [5.74, 6) is 1.77. The van der Waals surface area contributed by atoms with Crippen LogP contribution in [-0.4, -0.2) is 37.3 Å². The number of para-hydroxylation sites is 2. The topological polar surface area (TPSA) is 86.8 Å². The standard InChI is InChI=1S/C24H26N6OS/c1-15-16(2)32-24(25-15)29-21-11-5-9-19(28-21)20-10-6-14-30(20)23(31)13-12-22-26-17-7-3-4-8-18(17)27-22/h3-5,7-9,11,20H,6,10,12-14H2,1-2H3,(H,26,27)(H,25,28,29)/t20-/m0/s1. The van der Waals surface area contributed by atoms with E-state index in [0.29, 0.717) is 12.8 Å². The molecule has 0 radical (unpaired) electrons. The van der Waals surface area contributed by atoms with E-state index in [2.05, 4.69) is 27.2 Å². The van der Waals surface area contributed by atoms with E-state index in [-0.39, 0.29) is 11.9 Å². The first-order chi connectivity index (χ1) is 15.6. The number of rotatable bonds is 6. The molecule has 1 aromatic carbocycles. The van der Waals surface area contributed by atoms with E-state index in [0.717, 1.165) is 58.6 Å². The number of hydrogen-bond donors (Lipinski definition) is 2. The van der Waals surface area contributed by atoms with Gasteiger partial charge in [0.25, 0.3) is 0 Å². The van der Waals surface area contributed by atoms with Gasteiger partial charge in [0.05, 0.1) is 28.5 Å². The Morgan fingerprint density at radius 1 is 1.16 bits per heavy atom. The van der Waals surface area contributed by atoms with E-state index in [1.165, 1.54) is 4.88 Å². The number of nitrogens with one attached hydrogen (secondary N) is 2. The number of pyridine rings is 1. The average molecular weight is 447 g/mol. The van der Waals surface area contributed by atoms with Crippen molar-refractivity contribution < 1.29 is 4.79 Å². The molecule has 4 heterocycles. The lowest BCUT2D eigenvalue weighted by molar-refractivity contribution is -0.132. The molecular weight excluding hydrogens is 420 g/mol. The second-order valence-corrected chi connectivity index (χ2v) is 9.38. The Labute approximate surface area is 190 Å². The molecule has 1 fully saturated rings. The maximum atomic E-state index is 13.1. The summed E-state index contributed by atoms with van der Waals surface area (Å²) in [5, 5.41) is 4.16. The van der Waals surface area contributed by atoms with Crippen molar-refractivity contribution in [3.05, 3.63) is 64.6 Å². The molecule has 0 saturated carbocycles. The van der Waals surface area contributed by atoms with Crippen LogP contribution in [0.15, 0.2) is 42.5 Å². The van der Waals surface area contributed by atoms with E-state index < -0.39 is 0 Å². The number of fused-ring (bicyclic) bond motifs is 1. The molecule has 0 bridgehead atoms. The Kier molecular flexibility index (Phi) is 5.61. The number of carbonyl (C=O) groups is 1. The molecule has 2 N–H and O–H groups in total. The van der Waals surface area contributed by atoms with Crippen molar-refractivity contribution in [3.63, 3.8) is 0 Å². The van der Waals surface area contributed by atoms with E-state index in [1.54, 1.807) is 11.3 Å². The Morgan fingerprint density at radius 2 is 2.03 bits per heavy atom. The van der Waals surface area contributed by atoms with Gasteiger partial charge in [-0.3, -0.25) is 4.79 Å². The largest absolute Gasteiger partial charge is 0.342 e. The molecule has 4 aromatic rings. The van der Waals surface area contributed by atoms with Crippen molar-refractivity contribution in [2.45, 2.75) is 45.6 Å². The van der Waals surface area contributed by atoms with Gasteiger partial charge < -0.3 is 15.2 Å². The molecule has 0 unspecified atom stereocenters. The number of imidazole rings is 1. The molecular formula is C24H26N6OS. The molecule has 3 aromatic heterocycles. The summed E-state index contributed by atoms with van der Waals surface area (Å²) < 4.78 is 0. The number of aromatic nitrogens is 4. The van der Waals surface area contributed by atoms with Crippen LogP contribution in [0.5, 0.6) is 0 Å². The lowest BCUT2D eigenvalue weighted by Gasteiger charge is -2.24. The fourth-order valence-corrected chi connectivity index (χ4v) is 5.03. The van der Waals surface area contributed by atoms with Gasteiger partial charge >= 0.3 is 0 Å². The first kappa shape index (κ1) is 20.6. The number of aromatic amines is 1. The summed E-state index contributed by atoms with van der Waals surface area (Å²) in [5.41, 5.74) is 3.90. The fraction of sp³-hybridized carbons (Fsp3) is 0.333. The van der Waals surface area contributed by atoms with Crippen LogP contribution in [0, 0.1) is 13.8 Å². The van der Waals surface area contributed by atoms with Crippen LogP contribution in [0.2, 0.25) is 0 Å². The molecule has 0 spiro atoms. The van der Waals surface area contributed by atoms with Crippen LogP contribution in [0.25, 0.3) is 11.0 Å². The van der Waals surface area contributed by atoms with Gasteiger partial charge in [-0.15, -0.1) is 11.3 Å². The Morgan fingerprint density at radius 3 is 2.84 bits per heavy atom. The van der Waals surface area contributed by atoms with Crippen LogP contribution in [0.4, 0.5) is 10.9 Å². The molecule has 1 aliphatic heterocycles. The van der Waals surface area contributed by atoms with Crippen LogP contribution < -0.4 is 5.32 Å². The van der Waals surface area contributed by atoms with Gasteiger partial charge in [0, 0.05) is 24.3 Å². The van der Waals surface area contributed by atoms with Crippen molar-refractivity contribution in [3.8, 4) is 0 Å². The number of benzene rings is 1. The minimum atomic E-state index is 0.0136. The maximum absolute atomic E-state index is 13.1. The third kappa shape index (κ3) is 4.23. The van der Waals surface area contributed by atoms with Crippen molar-refractivity contribution in [1.29, 1.82) is 0 Å². The second kappa shape index (κ2) is 8.70. The Hall–Kier alpha value is -3.26. The van der Waals surface area contributed by atoms with Gasteiger partial charge in [-0.25, -0.2) is 15.0 Å². The van der Waals surface area contributed by atoms with Gasteiger partial charge in [-0.1, -0.05) is 18.2 Å². The number of hydrogen-bond acceptors (Lipinski definition) is 6. The minimum Gasteiger partial charge on any atom is -0.342 e. The van der Waals surface area contributed by atoms with Crippen molar-refractivity contribution in [2.75, 3.05) is 11.9 Å². The zero-order valence-electron chi connectivity index (χ0n) is 18.3. The molecule has 1 atom stereocenters. The number of carbonyl (C=O) groups excluding carboxylic acids is 1. The molecule has 0 aliphatic carbocycles. The predicted molar refractivity (Wildman–Crippen MR) is 127 cm³/mol. The highest BCUT2D eigenvalue weighted by Crippen LogP contribution is 2.33. The lowest BCUT2D eigenvalue weighted by Crippen LogP contribution is -2.31. The number of amides is 1. The average Bonchev–Trinajstić information content (AvgIpc) is 3.51. The summed E-state index contributed by atoms with van der Waals surface area (Å²) in [6.45, 7) is 4.84. The molecule has 5 rings (SSSR count). The van der Waals surface area contributed by atoms with E-state index in [9.17, 15) is 4.79 Å². The highest BCUT2D eigenvalue weighted by Gasteiger charge is 2.30. The quantitative estimate of drug-likeness (QED) is 0.432. The Balaban J connectivity index is 1.27. The fourth-order valence-electron chi connectivity index (χ4n) is 4.21. The van der Waals surface area contributed by atoms with Crippen LogP contribution in [0.1, 0.15) is 47.4 Å². The van der Waals surface area contributed by atoms with Crippen molar-refractivity contribution >= 4 is 39.2 Å². The third-order valence-corrected chi connectivity index (χ3v) is 6.95. The number of likely N-dealkylation sites (tertiary alicyclic amines) is 1. The third-order valence-electron chi connectivity index (χ3n) is 5.96. The number of H-pyrrole nitrogens is 1. The highest BCUT2D eigenvalue weighted by molar-refractivity contribution is 7.15. The van der Waals surface area contributed by atoms with Crippen molar-refractivity contribution in [2.24, 2.45) is 0 Å². The second-order valence-electron chi connectivity index (χ2n) is 8.18. The van der Waals surface area contributed by atoms with Crippen molar-refractivity contribution in [1.82, 2.24) is 24.8 Å². The molecule has 1 amide bonds. The first-order valence-corrected chi connectivity index (χ1v) is 11.8. The highest BCUT2D eigenvalue weighted by atomic mass is 32.1. The normalized spacial score (nSPS) is 16.1. The molecule has 1 aliphatic rings. The molecule has 1 saturated heterocycles. The minimum absolute atomic E-state index is 0.0136. The number of thiazole rings is 1. The van der Waals surface area contributed by atoms with Crippen LogP contribution in [-0.2, 0) is 11.2 Å². The van der Waals surface area contributed by atoms with Gasteiger partial charge in [0.15, 0.2) is 5.13 Å². The van der Waals surface area contributed by atoms with Gasteiger partial charge in [-0.2, -0.15) is 0 Å². The summed E-state index contributed by atoms with van der Waals surface area (Å²) in [6, 6.07) is 13.9. The zero-order valence-corrected chi connectivity index (χ0v) is 19.1. The first-order valence-electron chi connectivity index (χ1n) is 11.0. The van der Waals surface area contributed by atoms with Gasteiger partial charge in [-0.05, 0) is 51.0 Å². The summed E-state index contributed by atoms with van der Waals surface area (Å²) in [7, 11) is 0. The molecule has 32 heavy (non-hydrogen) atoms. The molecule has 7 nitrogen and oxygen atoms in total. The van der Waals surface area contributed by atoms with E-state index >= 15 is 0 Å². The summed E-state index contributed by atoms with van der Waals surface area (Å²) >= 11 is 1.62. The molecule has 164 valence electrons. The number of aryl methyl sites for hydroxylation is 3. The number of nitrogens with zero attached hydrogens (tertiary/aromatic N) is 4. The summed E-state index contributed by atoms with van der Waals surface area (Å²) in [4.78, 5) is 33.5.